The quantitative estimate of drug-likeness (QED) is 0.715. The standard InChI is InChI=1S/C21H22FN5O/c22-18-8-6-16(7-9-18)20(26-10-1-2-11-26)13-23-21(28)17-4-3-5-19(12-17)27-14-24-25-15-27/h3-9,12,14-15,20H,1-2,10-11,13H2,(H,23,28). The van der Waals surface area contributed by atoms with Gasteiger partial charge in [0.15, 0.2) is 0 Å². The number of benzene rings is 2. The zero-order chi connectivity index (χ0) is 19.3. The van der Waals surface area contributed by atoms with Crippen LogP contribution in [0.3, 0.4) is 0 Å². The molecule has 28 heavy (non-hydrogen) atoms. The van der Waals surface area contributed by atoms with Crippen LogP contribution in [-0.2, 0) is 0 Å². The number of halogens is 1. The van der Waals surface area contributed by atoms with Crippen molar-refractivity contribution in [2.75, 3.05) is 19.6 Å². The molecule has 1 atom stereocenters. The number of rotatable bonds is 6. The second-order valence-corrected chi connectivity index (χ2v) is 6.94. The Morgan fingerprint density at radius 1 is 1.07 bits per heavy atom. The molecule has 1 saturated heterocycles. The summed E-state index contributed by atoms with van der Waals surface area (Å²) in [5.41, 5.74) is 2.42. The van der Waals surface area contributed by atoms with Gasteiger partial charge < -0.3 is 5.32 Å². The van der Waals surface area contributed by atoms with Crippen molar-refractivity contribution in [2.24, 2.45) is 0 Å². The maximum atomic E-state index is 13.3. The fourth-order valence-corrected chi connectivity index (χ4v) is 3.63. The Labute approximate surface area is 163 Å². The summed E-state index contributed by atoms with van der Waals surface area (Å²) in [4.78, 5) is 15.1. The molecule has 6 nitrogen and oxygen atoms in total. The lowest BCUT2D eigenvalue weighted by Crippen LogP contribution is -2.36. The summed E-state index contributed by atoms with van der Waals surface area (Å²) in [6, 6.07) is 13.9. The molecule has 0 spiro atoms. The Kier molecular flexibility index (Phi) is 5.43. The third-order valence-electron chi connectivity index (χ3n) is 5.12. The summed E-state index contributed by atoms with van der Waals surface area (Å²) >= 11 is 0. The van der Waals surface area contributed by atoms with Crippen LogP contribution in [0.5, 0.6) is 0 Å². The Morgan fingerprint density at radius 2 is 1.79 bits per heavy atom. The molecule has 0 aliphatic carbocycles. The van der Waals surface area contributed by atoms with Gasteiger partial charge in [0.25, 0.3) is 5.91 Å². The molecule has 1 aliphatic rings. The molecule has 3 aromatic rings. The molecule has 2 aromatic carbocycles. The maximum Gasteiger partial charge on any atom is 0.251 e. The number of nitrogens with zero attached hydrogens (tertiary/aromatic N) is 4. The number of likely N-dealkylation sites (tertiary alicyclic amines) is 1. The van der Waals surface area contributed by atoms with Gasteiger partial charge in [0.05, 0.1) is 6.04 Å². The van der Waals surface area contributed by atoms with Crippen LogP contribution >= 0.6 is 0 Å². The molecule has 0 bridgehead atoms. The van der Waals surface area contributed by atoms with E-state index in [1.54, 1.807) is 41.5 Å². The summed E-state index contributed by atoms with van der Waals surface area (Å²) in [6.07, 6.45) is 5.48. The molecule has 0 saturated carbocycles. The van der Waals surface area contributed by atoms with Crippen LogP contribution in [0.4, 0.5) is 4.39 Å². The number of hydrogen-bond acceptors (Lipinski definition) is 4. The normalized spacial score (nSPS) is 15.5. The first-order valence-electron chi connectivity index (χ1n) is 9.43. The number of aromatic nitrogens is 3. The highest BCUT2D eigenvalue weighted by Gasteiger charge is 2.24. The summed E-state index contributed by atoms with van der Waals surface area (Å²) in [5.74, 6) is -0.389. The van der Waals surface area contributed by atoms with E-state index in [2.05, 4.69) is 20.4 Å². The largest absolute Gasteiger partial charge is 0.350 e. The molecule has 1 N–H and O–H groups in total. The fourth-order valence-electron chi connectivity index (χ4n) is 3.63. The monoisotopic (exact) mass is 379 g/mol. The number of amides is 1. The summed E-state index contributed by atoms with van der Waals surface area (Å²) in [5, 5.41) is 10.6. The zero-order valence-corrected chi connectivity index (χ0v) is 15.5. The Hall–Kier alpha value is -3.06. The van der Waals surface area contributed by atoms with Crippen molar-refractivity contribution in [3.8, 4) is 5.69 Å². The Bertz CT molecular complexity index is 920. The molecule has 2 heterocycles. The van der Waals surface area contributed by atoms with Gasteiger partial charge in [-0.15, -0.1) is 10.2 Å². The zero-order valence-electron chi connectivity index (χ0n) is 15.5. The topological polar surface area (TPSA) is 63.1 Å². The molecule has 1 aliphatic heterocycles. The first kappa shape index (κ1) is 18.3. The second kappa shape index (κ2) is 8.31. The number of carbonyl (C=O) groups is 1. The lowest BCUT2D eigenvalue weighted by molar-refractivity contribution is 0.0938. The summed E-state index contributed by atoms with van der Waals surface area (Å²) in [6.45, 7) is 2.45. The number of hydrogen-bond donors (Lipinski definition) is 1. The molecule has 1 unspecified atom stereocenters. The minimum Gasteiger partial charge on any atom is -0.350 e. The van der Waals surface area contributed by atoms with Crippen molar-refractivity contribution in [2.45, 2.75) is 18.9 Å². The number of nitrogens with one attached hydrogen (secondary N) is 1. The fraction of sp³-hybridized carbons (Fsp3) is 0.286. The number of carbonyl (C=O) groups excluding carboxylic acids is 1. The van der Waals surface area contributed by atoms with Crippen LogP contribution in [0.25, 0.3) is 5.69 Å². The van der Waals surface area contributed by atoms with Crippen LogP contribution in [-0.4, -0.2) is 45.2 Å². The van der Waals surface area contributed by atoms with E-state index in [0.29, 0.717) is 12.1 Å². The highest BCUT2D eigenvalue weighted by Crippen LogP contribution is 2.25. The average molecular weight is 379 g/mol. The predicted octanol–water partition coefficient (Wildman–Crippen LogP) is 2.97. The third kappa shape index (κ3) is 4.09. The van der Waals surface area contributed by atoms with E-state index < -0.39 is 0 Å². The van der Waals surface area contributed by atoms with Crippen LogP contribution in [0, 0.1) is 5.82 Å². The molecule has 7 heteroatoms. The summed E-state index contributed by atoms with van der Waals surface area (Å²) < 4.78 is 15.1. The van der Waals surface area contributed by atoms with Gasteiger partial charge in [-0.1, -0.05) is 18.2 Å². The molecule has 1 amide bonds. The lowest BCUT2D eigenvalue weighted by atomic mass is 10.0. The van der Waals surface area contributed by atoms with Crippen molar-refractivity contribution in [1.82, 2.24) is 25.0 Å². The van der Waals surface area contributed by atoms with Crippen molar-refractivity contribution >= 4 is 5.91 Å². The Balaban J connectivity index is 1.48. The van der Waals surface area contributed by atoms with Crippen LogP contribution in [0.2, 0.25) is 0 Å². The van der Waals surface area contributed by atoms with Crippen LogP contribution < -0.4 is 5.32 Å². The van der Waals surface area contributed by atoms with Gasteiger partial charge in [-0.3, -0.25) is 14.3 Å². The molecule has 1 aromatic heterocycles. The van der Waals surface area contributed by atoms with Crippen LogP contribution in [0.1, 0.15) is 34.8 Å². The smallest absolute Gasteiger partial charge is 0.251 e. The van der Waals surface area contributed by atoms with E-state index in [1.807, 2.05) is 12.1 Å². The van der Waals surface area contributed by atoms with E-state index in [4.69, 9.17) is 0 Å². The van der Waals surface area contributed by atoms with Gasteiger partial charge in [0.1, 0.15) is 18.5 Å². The van der Waals surface area contributed by atoms with E-state index in [9.17, 15) is 9.18 Å². The SMILES string of the molecule is O=C(NCC(c1ccc(F)cc1)N1CCCC1)c1cccc(-n2cnnc2)c1. The van der Waals surface area contributed by atoms with Gasteiger partial charge >= 0.3 is 0 Å². The molecule has 144 valence electrons. The van der Waals surface area contributed by atoms with E-state index >= 15 is 0 Å². The minimum absolute atomic E-state index is 0.0353. The first-order chi connectivity index (χ1) is 13.7. The molecule has 0 radical (unpaired) electrons. The van der Waals surface area contributed by atoms with Crippen molar-refractivity contribution in [3.63, 3.8) is 0 Å². The molecular formula is C21H22FN5O. The second-order valence-electron chi connectivity index (χ2n) is 6.94. The van der Waals surface area contributed by atoms with Crippen LogP contribution in [0.15, 0.2) is 61.2 Å². The van der Waals surface area contributed by atoms with Gasteiger partial charge in [0.2, 0.25) is 0 Å². The van der Waals surface area contributed by atoms with Gasteiger partial charge in [-0.2, -0.15) is 0 Å². The third-order valence-corrected chi connectivity index (χ3v) is 5.12. The average Bonchev–Trinajstić information content (AvgIpc) is 3.44. The van der Waals surface area contributed by atoms with E-state index in [1.165, 1.54) is 12.1 Å². The van der Waals surface area contributed by atoms with Crippen molar-refractivity contribution in [3.05, 3.63) is 78.1 Å². The molecule has 4 rings (SSSR count). The predicted molar refractivity (Wildman–Crippen MR) is 104 cm³/mol. The highest BCUT2D eigenvalue weighted by atomic mass is 19.1. The molecular weight excluding hydrogens is 357 g/mol. The van der Waals surface area contributed by atoms with E-state index in [0.717, 1.165) is 37.2 Å². The van der Waals surface area contributed by atoms with Gasteiger partial charge in [0, 0.05) is 17.8 Å². The lowest BCUT2D eigenvalue weighted by Gasteiger charge is -2.28. The van der Waals surface area contributed by atoms with Gasteiger partial charge in [-0.25, -0.2) is 4.39 Å². The van der Waals surface area contributed by atoms with Crippen molar-refractivity contribution < 1.29 is 9.18 Å². The first-order valence-corrected chi connectivity index (χ1v) is 9.43. The minimum atomic E-state index is -0.251. The maximum absolute atomic E-state index is 13.3. The summed E-state index contributed by atoms with van der Waals surface area (Å²) in [7, 11) is 0. The highest BCUT2D eigenvalue weighted by molar-refractivity contribution is 5.94. The van der Waals surface area contributed by atoms with Crippen molar-refractivity contribution in [1.29, 1.82) is 0 Å². The Morgan fingerprint density at radius 3 is 2.50 bits per heavy atom. The molecule has 1 fully saturated rings. The van der Waals surface area contributed by atoms with E-state index in [-0.39, 0.29) is 17.8 Å². The van der Waals surface area contributed by atoms with Gasteiger partial charge in [-0.05, 0) is 61.8 Å².